The summed E-state index contributed by atoms with van der Waals surface area (Å²) in [6, 6.07) is 9.81. The molecule has 1 fully saturated rings. The summed E-state index contributed by atoms with van der Waals surface area (Å²) in [4.78, 5) is 12.5. The Morgan fingerprint density at radius 1 is 1.42 bits per heavy atom. The first-order valence-corrected chi connectivity index (χ1v) is 8.89. The first kappa shape index (κ1) is 20.4. The second-order valence-corrected chi connectivity index (χ2v) is 6.70. The number of ether oxygens (including phenoxy) is 1. The number of carbonyl (C=O) groups excluding carboxylic acids is 1. The summed E-state index contributed by atoms with van der Waals surface area (Å²) in [6.07, 6.45) is 4.29. The third kappa shape index (κ3) is 5.56. The SMILES string of the molecule is CC(C)OCc1cccc(NC(=O)c2ccn(C3CCCNC3)n2)c1.Cl. The molecule has 1 saturated heterocycles. The summed E-state index contributed by atoms with van der Waals surface area (Å²) in [5.74, 6) is -0.190. The normalized spacial score (nSPS) is 17.0. The van der Waals surface area contributed by atoms with Gasteiger partial charge in [-0.25, -0.2) is 0 Å². The number of hydrogen-bond acceptors (Lipinski definition) is 4. The molecule has 1 aromatic carbocycles. The van der Waals surface area contributed by atoms with E-state index in [0.29, 0.717) is 18.3 Å². The zero-order valence-corrected chi connectivity index (χ0v) is 16.1. The summed E-state index contributed by atoms with van der Waals surface area (Å²) in [6.45, 7) is 6.50. The number of rotatable bonds is 6. The highest BCUT2D eigenvalue weighted by Gasteiger charge is 2.17. The molecule has 0 bridgehead atoms. The fourth-order valence-corrected chi connectivity index (χ4v) is 2.92. The summed E-state index contributed by atoms with van der Waals surface area (Å²) in [7, 11) is 0. The van der Waals surface area contributed by atoms with Crippen LogP contribution in [0.3, 0.4) is 0 Å². The highest BCUT2D eigenvalue weighted by Crippen LogP contribution is 2.17. The van der Waals surface area contributed by atoms with Crippen LogP contribution in [-0.4, -0.2) is 34.9 Å². The van der Waals surface area contributed by atoms with E-state index in [0.717, 1.165) is 37.2 Å². The molecule has 1 unspecified atom stereocenters. The molecule has 1 aliphatic rings. The van der Waals surface area contributed by atoms with E-state index in [4.69, 9.17) is 4.74 Å². The second kappa shape index (κ2) is 9.71. The van der Waals surface area contributed by atoms with Gasteiger partial charge >= 0.3 is 0 Å². The van der Waals surface area contributed by atoms with Crippen molar-refractivity contribution < 1.29 is 9.53 Å². The van der Waals surface area contributed by atoms with Gasteiger partial charge in [-0.2, -0.15) is 5.10 Å². The summed E-state index contributed by atoms with van der Waals surface area (Å²) >= 11 is 0. The number of carbonyl (C=O) groups is 1. The van der Waals surface area contributed by atoms with Crippen LogP contribution in [0.5, 0.6) is 0 Å². The van der Waals surface area contributed by atoms with E-state index in [2.05, 4.69) is 15.7 Å². The van der Waals surface area contributed by atoms with Gasteiger partial charge in [0, 0.05) is 18.4 Å². The zero-order valence-electron chi connectivity index (χ0n) is 15.3. The lowest BCUT2D eigenvalue weighted by Crippen LogP contribution is -2.32. The number of nitrogens with one attached hydrogen (secondary N) is 2. The minimum atomic E-state index is -0.190. The van der Waals surface area contributed by atoms with Crippen molar-refractivity contribution in [1.82, 2.24) is 15.1 Å². The number of aromatic nitrogens is 2. The van der Waals surface area contributed by atoms with Crippen molar-refractivity contribution >= 4 is 24.0 Å². The van der Waals surface area contributed by atoms with Gasteiger partial charge < -0.3 is 15.4 Å². The van der Waals surface area contributed by atoms with Crippen LogP contribution in [0.2, 0.25) is 0 Å². The van der Waals surface area contributed by atoms with Crippen molar-refractivity contribution in [2.24, 2.45) is 0 Å². The van der Waals surface area contributed by atoms with Crippen LogP contribution in [-0.2, 0) is 11.3 Å². The molecule has 3 rings (SSSR count). The molecular weight excluding hydrogens is 352 g/mol. The maximum atomic E-state index is 12.5. The lowest BCUT2D eigenvalue weighted by molar-refractivity contribution is 0.0657. The molecule has 0 spiro atoms. The molecule has 1 amide bonds. The van der Waals surface area contributed by atoms with E-state index in [1.807, 2.05) is 49.0 Å². The average molecular weight is 379 g/mol. The van der Waals surface area contributed by atoms with Gasteiger partial charge in [0.1, 0.15) is 0 Å². The maximum Gasteiger partial charge on any atom is 0.276 e. The molecule has 2 aromatic rings. The van der Waals surface area contributed by atoms with Crippen LogP contribution < -0.4 is 10.6 Å². The number of hydrogen-bond donors (Lipinski definition) is 2. The molecule has 0 radical (unpaired) electrons. The summed E-state index contributed by atoms with van der Waals surface area (Å²) in [5.41, 5.74) is 2.23. The minimum absolute atomic E-state index is 0. The van der Waals surface area contributed by atoms with Gasteiger partial charge in [0.2, 0.25) is 0 Å². The first-order valence-electron chi connectivity index (χ1n) is 8.89. The number of anilines is 1. The van der Waals surface area contributed by atoms with E-state index >= 15 is 0 Å². The van der Waals surface area contributed by atoms with E-state index in [-0.39, 0.29) is 24.4 Å². The summed E-state index contributed by atoms with van der Waals surface area (Å²) in [5, 5.41) is 10.7. The topological polar surface area (TPSA) is 68.2 Å². The molecule has 1 atom stereocenters. The van der Waals surface area contributed by atoms with Gasteiger partial charge in [0.15, 0.2) is 5.69 Å². The van der Waals surface area contributed by atoms with Gasteiger partial charge in [-0.3, -0.25) is 9.48 Å². The lowest BCUT2D eigenvalue weighted by atomic mass is 10.1. The van der Waals surface area contributed by atoms with Crippen molar-refractivity contribution in [3.63, 3.8) is 0 Å². The molecule has 0 aliphatic carbocycles. The molecule has 6 nitrogen and oxygen atoms in total. The molecule has 2 N–H and O–H groups in total. The quantitative estimate of drug-likeness (QED) is 0.808. The number of benzene rings is 1. The Morgan fingerprint density at radius 3 is 3.00 bits per heavy atom. The largest absolute Gasteiger partial charge is 0.374 e. The van der Waals surface area contributed by atoms with E-state index in [1.54, 1.807) is 6.07 Å². The molecule has 1 aromatic heterocycles. The van der Waals surface area contributed by atoms with Crippen molar-refractivity contribution in [2.75, 3.05) is 18.4 Å². The van der Waals surface area contributed by atoms with Crippen LogP contribution in [0.25, 0.3) is 0 Å². The smallest absolute Gasteiger partial charge is 0.276 e. The Morgan fingerprint density at radius 2 is 2.27 bits per heavy atom. The summed E-state index contributed by atoms with van der Waals surface area (Å²) < 4.78 is 7.51. The van der Waals surface area contributed by atoms with Gasteiger partial charge in [-0.1, -0.05) is 12.1 Å². The molecule has 7 heteroatoms. The number of nitrogens with zero attached hydrogens (tertiary/aromatic N) is 2. The van der Waals surface area contributed by atoms with Gasteiger partial charge in [-0.15, -0.1) is 12.4 Å². The van der Waals surface area contributed by atoms with Crippen LogP contribution >= 0.6 is 12.4 Å². The number of halogens is 1. The minimum Gasteiger partial charge on any atom is -0.374 e. The Hall–Kier alpha value is -1.89. The molecule has 1 aliphatic heterocycles. The highest BCUT2D eigenvalue weighted by molar-refractivity contribution is 6.02. The Balaban J connectivity index is 0.00000243. The molecule has 2 heterocycles. The van der Waals surface area contributed by atoms with Crippen LogP contribution in [0, 0.1) is 0 Å². The standard InChI is InChI=1S/C19H26N4O2.ClH/c1-14(2)25-13-15-5-3-6-16(11-15)21-19(24)18-8-10-23(22-18)17-7-4-9-20-12-17;/h3,5-6,8,10-11,14,17,20H,4,7,9,12-13H2,1-2H3,(H,21,24);1H. The third-order valence-corrected chi connectivity index (χ3v) is 4.25. The van der Waals surface area contributed by atoms with Crippen molar-refractivity contribution in [3.8, 4) is 0 Å². The lowest BCUT2D eigenvalue weighted by Gasteiger charge is -2.22. The van der Waals surface area contributed by atoms with Crippen LogP contribution in [0.4, 0.5) is 5.69 Å². The van der Waals surface area contributed by atoms with Gasteiger partial charge in [-0.05, 0) is 57.0 Å². The Bertz CT molecular complexity index is 711. The van der Waals surface area contributed by atoms with Crippen molar-refractivity contribution in [3.05, 3.63) is 47.8 Å². The number of amides is 1. The van der Waals surface area contributed by atoms with Crippen LogP contribution in [0.15, 0.2) is 36.5 Å². The maximum absolute atomic E-state index is 12.5. The number of piperidine rings is 1. The van der Waals surface area contributed by atoms with Gasteiger partial charge in [0.25, 0.3) is 5.91 Å². The monoisotopic (exact) mass is 378 g/mol. The molecule has 142 valence electrons. The molecule has 0 saturated carbocycles. The van der Waals surface area contributed by atoms with Crippen molar-refractivity contribution in [1.29, 1.82) is 0 Å². The second-order valence-electron chi connectivity index (χ2n) is 6.70. The van der Waals surface area contributed by atoms with E-state index in [9.17, 15) is 4.79 Å². The predicted octanol–water partition coefficient (Wildman–Crippen LogP) is 3.41. The first-order chi connectivity index (χ1) is 12.1. The Labute approximate surface area is 160 Å². The fraction of sp³-hybridized carbons (Fsp3) is 0.474. The average Bonchev–Trinajstić information content (AvgIpc) is 3.11. The Kier molecular flexibility index (Phi) is 7.63. The molecular formula is C19H27ClN4O2. The van der Waals surface area contributed by atoms with E-state index in [1.165, 1.54) is 0 Å². The highest BCUT2D eigenvalue weighted by atomic mass is 35.5. The van der Waals surface area contributed by atoms with Crippen molar-refractivity contribution in [2.45, 2.75) is 45.4 Å². The van der Waals surface area contributed by atoms with E-state index < -0.39 is 0 Å². The van der Waals surface area contributed by atoms with Crippen LogP contribution in [0.1, 0.15) is 48.8 Å². The zero-order chi connectivity index (χ0) is 17.6. The fourth-order valence-electron chi connectivity index (χ4n) is 2.92. The molecule has 26 heavy (non-hydrogen) atoms. The van der Waals surface area contributed by atoms with Gasteiger partial charge in [0.05, 0.1) is 18.8 Å². The predicted molar refractivity (Wildman–Crippen MR) is 105 cm³/mol. The third-order valence-electron chi connectivity index (χ3n) is 4.25.